The Morgan fingerprint density at radius 3 is 3.06 bits per heavy atom. The van der Waals surface area contributed by atoms with Crippen molar-refractivity contribution < 1.29 is 0 Å². The highest BCUT2D eigenvalue weighted by atomic mass is 15.2. The van der Waals surface area contributed by atoms with Gasteiger partial charge in [0.15, 0.2) is 0 Å². The first-order valence-electron chi connectivity index (χ1n) is 6.93. The van der Waals surface area contributed by atoms with Crippen molar-refractivity contribution >= 4 is 11.6 Å². The van der Waals surface area contributed by atoms with E-state index < -0.39 is 0 Å². The van der Waals surface area contributed by atoms with Gasteiger partial charge >= 0.3 is 0 Å². The van der Waals surface area contributed by atoms with Crippen molar-refractivity contribution in [3.63, 3.8) is 0 Å². The molecule has 2 N–H and O–H groups in total. The SMILES string of the molecule is CCNc1cc(NC2CCN3CCCC23)ncn1. The number of rotatable bonds is 4. The van der Waals surface area contributed by atoms with Crippen molar-refractivity contribution in [2.45, 2.75) is 38.3 Å². The van der Waals surface area contributed by atoms with E-state index in [9.17, 15) is 0 Å². The summed E-state index contributed by atoms with van der Waals surface area (Å²) in [5, 5.41) is 6.80. The summed E-state index contributed by atoms with van der Waals surface area (Å²) >= 11 is 0. The van der Waals surface area contributed by atoms with Crippen molar-refractivity contribution in [1.29, 1.82) is 0 Å². The van der Waals surface area contributed by atoms with E-state index in [0.717, 1.165) is 18.2 Å². The monoisotopic (exact) mass is 247 g/mol. The van der Waals surface area contributed by atoms with E-state index in [2.05, 4.69) is 32.4 Å². The summed E-state index contributed by atoms with van der Waals surface area (Å²) in [5.41, 5.74) is 0. The minimum atomic E-state index is 0.553. The third-order valence-corrected chi connectivity index (χ3v) is 3.96. The Kier molecular flexibility index (Phi) is 3.32. The van der Waals surface area contributed by atoms with E-state index >= 15 is 0 Å². The van der Waals surface area contributed by atoms with Crippen molar-refractivity contribution in [3.05, 3.63) is 12.4 Å². The van der Waals surface area contributed by atoms with Gasteiger partial charge in [-0.3, -0.25) is 4.90 Å². The van der Waals surface area contributed by atoms with Crippen LogP contribution in [-0.4, -0.2) is 46.6 Å². The highest BCUT2D eigenvalue weighted by Crippen LogP contribution is 2.29. The van der Waals surface area contributed by atoms with Gasteiger partial charge in [-0.25, -0.2) is 9.97 Å². The predicted octanol–water partition coefficient (Wildman–Crippen LogP) is 1.56. The first kappa shape index (κ1) is 11.7. The fourth-order valence-electron chi connectivity index (χ4n) is 3.15. The lowest BCUT2D eigenvalue weighted by atomic mass is 10.1. The first-order valence-corrected chi connectivity index (χ1v) is 6.93. The predicted molar refractivity (Wildman–Crippen MR) is 72.8 cm³/mol. The molecule has 0 spiro atoms. The molecule has 3 heterocycles. The lowest BCUT2D eigenvalue weighted by Crippen LogP contribution is -2.34. The molecule has 0 amide bonds. The van der Waals surface area contributed by atoms with Gasteiger partial charge in [-0.2, -0.15) is 0 Å². The minimum Gasteiger partial charge on any atom is -0.370 e. The molecule has 2 atom stereocenters. The van der Waals surface area contributed by atoms with Gasteiger partial charge in [-0.05, 0) is 32.7 Å². The Bertz CT molecular complexity index is 408. The molecule has 0 radical (unpaired) electrons. The lowest BCUT2D eigenvalue weighted by Gasteiger charge is -2.21. The van der Waals surface area contributed by atoms with E-state index in [1.54, 1.807) is 6.33 Å². The van der Waals surface area contributed by atoms with Crippen molar-refractivity contribution in [1.82, 2.24) is 14.9 Å². The molecular weight excluding hydrogens is 226 g/mol. The molecule has 3 rings (SSSR count). The average molecular weight is 247 g/mol. The second-order valence-electron chi connectivity index (χ2n) is 5.10. The molecule has 5 nitrogen and oxygen atoms in total. The Balaban J connectivity index is 1.67. The zero-order valence-electron chi connectivity index (χ0n) is 10.9. The molecule has 2 aliphatic rings. The number of nitrogens with zero attached hydrogens (tertiary/aromatic N) is 3. The van der Waals surface area contributed by atoms with Crippen LogP contribution in [0.5, 0.6) is 0 Å². The zero-order valence-corrected chi connectivity index (χ0v) is 10.9. The smallest absolute Gasteiger partial charge is 0.131 e. The fraction of sp³-hybridized carbons (Fsp3) is 0.692. The fourth-order valence-corrected chi connectivity index (χ4v) is 3.15. The van der Waals surface area contributed by atoms with E-state index in [-0.39, 0.29) is 0 Å². The molecule has 98 valence electrons. The number of hydrogen-bond acceptors (Lipinski definition) is 5. The third kappa shape index (κ3) is 2.27. The molecule has 1 aromatic rings. The lowest BCUT2D eigenvalue weighted by molar-refractivity contribution is 0.318. The zero-order chi connectivity index (χ0) is 12.4. The number of hydrogen-bond donors (Lipinski definition) is 2. The van der Waals surface area contributed by atoms with E-state index in [1.807, 2.05) is 6.07 Å². The summed E-state index contributed by atoms with van der Waals surface area (Å²) in [6.07, 6.45) is 5.52. The summed E-state index contributed by atoms with van der Waals surface area (Å²) < 4.78 is 0. The van der Waals surface area contributed by atoms with Gasteiger partial charge in [0.2, 0.25) is 0 Å². The van der Waals surface area contributed by atoms with Gasteiger partial charge in [-0.15, -0.1) is 0 Å². The maximum atomic E-state index is 4.32. The van der Waals surface area contributed by atoms with Crippen LogP contribution in [0.1, 0.15) is 26.2 Å². The largest absolute Gasteiger partial charge is 0.370 e. The molecule has 0 aromatic carbocycles. The molecule has 2 unspecified atom stereocenters. The normalized spacial score (nSPS) is 27.2. The molecule has 0 aliphatic carbocycles. The topological polar surface area (TPSA) is 53.1 Å². The Labute approximate surface area is 108 Å². The maximum Gasteiger partial charge on any atom is 0.131 e. The van der Waals surface area contributed by atoms with Crippen LogP contribution < -0.4 is 10.6 Å². The standard InChI is InChI=1S/C13H21N5/c1-2-14-12-8-13(16-9-15-12)17-10-5-7-18-6-3-4-11(10)18/h8-11H,2-7H2,1H3,(H2,14,15,16,17). The van der Waals surface area contributed by atoms with Crippen molar-refractivity contribution in [2.75, 3.05) is 30.3 Å². The Morgan fingerprint density at radius 2 is 2.17 bits per heavy atom. The summed E-state index contributed by atoms with van der Waals surface area (Å²) in [4.78, 5) is 11.1. The highest BCUT2D eigenvalue weighted by molar-refractivity contribution is 5.47. The number of fused-ring (bicyclic) bond motifs is 1. The molecule has 18 heavy (non-hydrogen) atoms. The molecule has 2 saturated heterocycles. The van der Waals surface area contributed by atoms with Crippen LogP contribution in [0.3, 0.4) is 0 Å². The van der Waals surface area contributed by atoms with Gasteiger partial charge in [0, 0.05) is 31.2 Å². The molecule has 1 aromatic heterocycles. The summed E-state index contributed by atoms with van der Waals surface area (Å²) in [6, 6.07) is 3.26. The van der Waals surface area contributed by atoms with Gasteiger partial charge in [0.05, 0.1) is 0 Å². The Morgan fingerprint density at radius 1 is 1.28 bits per heavy atom. The van der Waals surface area contributed by atoms with Crippen molar-refractivity contribution in [3.8, 4) is 0 Å². The highest BCUT2D eigenvalue weighted by Gasteiger charge is 2.37. The molecular formula is C13H21N5. The van der Waals surface area contributed by atoms with Gasteiger partial charge in [-0.1, -0.05) is 0 Å². The summed E-state index contributed by atoms with van der Waals surface area (Å²) in [5.74, 6) is 1.84. The summed E-state index contributed by atoms with van der Waals surface area (Å²) in [6.45, 7) is 5.46. The van der Waals surface area contributed by atoms with Crippen LogP contribution in [-0.2, 0) is 0 Å². The van der Waals surface area contributed by atoms with Gasteiger partial charge < -0.3 is 10.6 Å². The minimum absolute atomic E-state index is 0.553. The van der Waals surface area contributed by atoms with Gasteiger partial charge in [0.25, 0.3) is 0 Å². The molecule has 0 saturated carbocycles. The van der Waals surface area contributed by atoms with E-state index in [0.29, 0.717) is 12.1 Å². The Hall–Kier alpha value is -1.36. The second-order valence-corrected chi connectivity index (χ2v) is 5.10. The van der Waals surface area contributed by atoms with Crippen LogP contribution in [0.15, 0.2) is 12.4 Å². The quantitative estimate of drug-likeness (QED) is 0.845. The molecule has 2 aliphatic heterocycles. The second kappa shape index (κ2) is 5.10. The van der Waals surface area contributed by atoms with E-state index in [4.69, 9.17) is 0 Å². The number of nitrogens with one attached hydrogen (secondary N) is 2. The van der Waals surface area contributed by atoms with Crippen molar-refractivity contribution in [2.24, 2.45) is 0 Å². The summed E-state index contributed by atoms with van der Waals surface area (Å²) in [7, 11) is 0. The maximum absolute atomic E-state index is 4.32. The van der Waals surface area contributed by atoms with Crippen LogP contribution in [0.4, 0.5) is 11.6 Å². The molecule has 5 heteroatoms. The van der Waals surface area contributed by atoms with Crippen LogP contribution in [0.25, 0.3) is 0 Å². The molecule has 0 bridgehead atoms. The van der Waals surface area contributed by atoms with Crippen LogP contribution in [0.2, 0.25) is 0 Å². The van der Waals surface area contributed by atoms with Crippen LogP contribution in [0, 0.1) is 0 Å². The first-order chi connectivity index (χ1) is 8.86. The average Bonchev–Trinajstić information content (AvgIpc) is 2.95. The number of aromatic nitrogens is 2. The third-order valence-electron chi connectivity index (χ3n) is 3.96. The van der Waals surface area contributed by atoms with Gasteiger partial charge in [0.1, 0.15) is 18.0 Å². The van der Waals surface area contributed by atoms with E-state index in [1.165, 1.54) is 32.4 Å². The van der Waals surface area contributed by atoms with Crippen LogP contribution >= 0.6 is 0 Å². The number of anilines is 2. The molecule has 2 fully saturated rings.